The molecule has 0 aliphatic carbocycles. The standard InChI is InChI=1S/C10H10BrN3O/c1-14-9(8(12)5-13-14)6-3-2-4-7(11)10(6)15/h2-5,15H,12H2,1H3. The molecule has 0 bridgehead atoms. The number of nitrogen functional groups attached to an aromatic ring is 1. The second-order valence-corrected chi connectivity index (χ2v) is 4.06. The molecule has 5 heteroatoms. The van der Waals surface area contributed by atoms with Crippen LogP contribution in [0, 0.1) is 0 Å². The maximum Gasteiger partial charge on any atom is 0.139 e. The zero-order valence-corrected chi connectivity index (χ0v) is 9.69. The summed E-state index contributed by atoms with van der Waals surface area (Å²) in [5.74, 6) is 0.174. The Hall–Kier alpha value is -1.49. The number of phenols is 1. The van der Waals surface area contributed by atoms with E-state index in [0.717, 1.165) is 0 Å². The SMILES string of the molecule is Cn1ncc(N)c1-c1cccc(Br)c1O. The van der Waals surface area contributed by atoms with Crippen molar-refractivity contribution in [2.75, 3.05) is 5.73 Å². The van der Waals surface area contributed by atoms with Gasteiger partial charge in [-0.15, -0.1) is 0 Å². The molecule has 0 unspecified atom stereocenters. The van der Waals surface area contributed by atoms with E-state index in [1.54, 1.807) is 30.1 Å². The van der Waals surface area contributed by atoms with E-state index in [-0.39, 0.29) is 5.75 Å². The Morgan fingerprint density at radius 3 is 2.80 bits per heavy atom. The van der Waals surface area contributed by atoms with Gasteiger partial charge in [-0.1, -0.05) is 6.07 Å². The van der Waals surface area contributed by atoms with Crippen molar-refractivity contribution in [1.29, 1.82) is 0 Å². The predicted octanol–water partition coefficient (Wildman–Crippen LogP) is 2.14. The largest absolute Gasteiger partial charge is 0.506 e. The Morgan fingerprint density at radius 1 is 1.47 bits per heavy atom. The van der Waals surface area contributed by atoms with Crippen LogP contribution in [0.5, 0.6) is 5.75 Å². The van der Waals surface area contributed by atoms with Crippen LogP contribution >= 0.6 is 15.9 Å². The van der Waals surface area contributed by atoms with Gasteiger partial charge in [0.1, 0.15) is 5.75 Å². The summed E-state index contributed by atoms with van der Waals surface area (Å²) < 4.78 is 2.28. The minimum atomic E-state index is 0.174. The molecule has 0 atom stereocenters. The van der Waals surface area contributed by atoms with Crippen LogP contribution in [0.15, 0.2) is 28.9 Å². The number of nitrogens with two attached hydrogens (primary N) is 1. The van der Waals surface area contributed by atoms with Gasteiger partial charge < -0.3 is 10.8 Å². The minimum absolute atomic E-state index is 0.174. The minimum Gasteiger partial charge on any atom is -0.506 e. The zero-order valence-electron chi connectivity index (χ0n) is 8.11. The van der Waals surface area contributed by atoms with Crippen LogP contribution in [-0.2, 0) is 7.05 Å². The monoisotopic (exact) mass is 267 g/mol. The van der Waals surface area contributed by atoms with Crippen LogP contribution in [0.25, 0.3) is 11.3 Å². The Balaban J connectivity index is 2.69. The van der Waals surface area contributed by atoms with Crippen LogP contribution < -0.4 is 5.73 Å². The van der Waals surface area contributed by atoms with E-state index in [9.17, 15) is 5.11 Å². The van der Waals surface area contributed by atoms with E-state index in [0.29, 0.717) is 21.4 Å². The Kier molecular flexibility index (Phi) is 2.40. The second kappa shape index (κ2) is 3.58. The summed E-state index contributed by atoms with van der Waals surface area (Å²) >= 11 is 3.26. The van der Waals surface area contributed by atoms with Crippen LogP contribution in [0.3, 0.4) is 0 Å². The number of benzene rings is 1. The summed E-state index contributed by atoms with van der Waals surface area (Å²) in [6.07, 6.45) is 1.57. The van der Waals surface area contributed by atoms with E-state index >= 15 is 0 Å². The lowest BCUT2D eigenvalue weighted by atomic mass is 10.1. The predicted molar refractivity (Wildman–Crippen MR) is 62.4 cm³/mol. The number of aromatic hydroxyl groups is 1. The van der Waals surface area contributed by atoms with E-state index in [2.05, 4.69) is 21.0 Å². The van der Waals surface area contributed by atoms with Crippen molar-refractivity contribution in [2.24, 2.45) is 7.05 Å². The molecule has 0 aliphatic heterocycles. The van der Waals surface area contributed by atoms with Crippen LogP contribution in [0.2, 0.25) is 0 Å². The summed E-state index contributed by atoms with van der Waals surface area (Å²) in [7, 11) is 1.78. The smallest absolute Gasteiger partial charge is 0.139 e. The first-order valence-electron chi connectivity index (χ1n) is 4.36. The van der Waals surface area contributed by atoms with E-state index in [1.807, 2.05) is 6.07 Å². The van der Waals surface area contributed by atoms with Crippen molar-refractivity contribution in [1.82, 2.24) is 9.78 Å². The summed E-state index contributed by atoms with van der Waals surface area (Å²) in [4.78, 5) is 0. The van der Waals surface area contributed by atoms with Gasteiger partial charge in [-0.2, -0.15) is 5.10 Å². The third-order valence-electron chi connectivity index (χ3n) is 2.21. The molecule has 0 radical (unpaired) electrons. The number of anilines is 1. The summed E-state index contributed by atoms with van der Waals surface area (Å²) in [6, 6.07) is 5.41. The van der Waals surface area contributed by atoms with Gasteiger partial charge in [0, 0.05) is 12.6 Å². The molecule has 0 aliphatic rings. The summed E-state index contributed by atoms with van der Waals surface area (Å²) in [6.45, 7) is 0. The molecule has 0 amide bonds. The van der Waals surface area contributed by atoms with Crippen LogP contribution in [-0.4, -0.2) is 14.9 Å². The fourth-order valence-electron chi connectivity index (χ4n) is 1.49. The van der Waals surface area contributed by atoms with E-state index < -0.39 is 0 Å². The fraction of sp³-hybridized carbons (Fsp3) is 0.100. The molecule has 3 N–H and O–H groups in total. The molecule has 1 aromatic heterocycles. The number of para-hydroxylation sites is 1. The van der Waals surface area contributed by atoms with Crippen molar-refractivity contribution in [3.05, 3.63) is 28.9 Å². The number of hydrogen-bond donors (Lipinski definition) is 2. The van der Waals surface area contributed by atoms with E-state index in [1.165, 1.54) is 0 Å². The molecule has 0 spiro atoms. The van der Waals surface area contributed by atoms with Gasteiger partial charge in [-0.05, 0) is 28.1 Å². The van der Waals surface area contributed by atoms with Gasteiger partial charge in [-0.3, -0.25) is 4.68 Å². The first-order chi connectivity index (χ1) is 7.11. The zero-order chi connectivity index (χ0) is 11.0. The molecule has 0 fully saturated rings. The van der Waals surface area contributed by atoms with Crippen LogP contribution in [0.4, 0.5) is 5.69 Å². The van der Waals surface area contributed by atoms with Gasteiger partial charge in [0.15, 0.2) is 0 Å². The summed E-state index contributed by atoms with van der Waals surface area (Å²) in [5, 5.41) is 13.9. The number of aromatic nitrogens is 2. The average molecular weight is 268 g/mol. The molecule has 2 rings (SSSR count). The maximum absolute atomic E-state index is 9.87. The first kappa shape index (κ1) is 10.0. The molecular weight excluding hydrogens is 258 g/mol. The lowest BCUT2D eigenvalue weighted by Crippen LogP contribution is -1.96. The number of rotatable bonds is 1. The highest BCUT2D eigenvalue weighted by atomic mass is 79.9. The van der Waals surface area contributed by atoms with Gasteiger partial charge in [0.05, 0.1) is 22.1 Å². The van der Waals surface area contributed by atoms with Crippen molar-refractivity contribution in [3.8, 4) is 17.0 Å². The first-order valence-corrected chi connectivity index (χ1v) is 5.16. The van der Waals surface area contributed by atoms with Gasteiger partial charge in [0.25, 0.3) is 0 Å². The van der Waals surface area contributed by atoms with Gasteiger partial charge in [0.2, 0.25) is 0 Å². The number of halogens is 1. The van der Waals surface area contributed by atoms with E-state index in [4.69, 9.17) is 5.73 Å². The third-order valence-corrected chi connectivity index (χ3v) is 2.85. The highest BCUT2D eigenvalue weighted by molar-refractivity contribution is 9.10. The van der Waals surface area contributed by atoms with Crippen molar-refractivity contribution in [3.63, 3.8) is 0 Å². The average Bonchev–Trinajstić information content (AvgIpc) is 2.52. The van der Waals surface area contributed by atoms with Gasteiger partial charge in [-0.25, -0.2) is 0 Å². The van der Waals surface area contributed by atoms with Crippen LogP contribution in [0.1, 0.15) is 0 Å². The topological polar surface area (TPSA) is 64.1 Å². The van der Waals surface area contributed by atoms with Gasteiger partial charge >= 0.3 is 0 Å². The number of nitrogens with zero attached hydrogens (tertiary/aromatic N) is 2. The molecule has 0 saturated carbocycles. The normalized spacial score (nSPS) is 10.5. The Morgan fingerprint density at radius 2 is 2.20 bits per heavy atom. The molecule has 1 heterocycles. The quantitative estimate of drug-likeness (QED) is 0.832. The van der Waals surface area contributed by atoms with Crippen molar-refractivity contribution in [2.45, 2.75) is 0 Å². The number of phenolic OH excluding ortho intramolecular Hbond substituents is 1. The fourth-order valence-corrected chi connectivity index (χ4v) is 1.86. The molecular formula is C10H10BrN3O. The highest BCUT2D eigenvalue weighted by Crippen LogP contribution is 2.37. The molecule has 4 nitrogen and oxygen atoms in total. The lowest BCUT2D eigenvalue weighted by molar-refractivity contribution is 0.473. The Labute approximate surface area is 95.5 Å². The molecule has 78 valence electrons. The third kappa shape index (κ3) is 1.59. The van der Waals surface area contributed by atoms with Crippen molar-refractivity contribution < 1.29 is 5.11 Å². The second-order valence-electron chi connectivity index (χ2n) is 3.21. The summed E-state index contributed by atoms with van der Waals surface area (Å²) in [5.41, 5.74) is 7.71. The number of hydrogen-bond acceptors (Lipinski definition) is 3. The molecule has 15 heavy (non-hydrogen) atoms. The number of aryl methyl sites for hydroxylation is 1. The van der Waals surface area contributed by atoms with Crippen molar-refractivity contribution >= 4 is 21.6 Å². The molecule has 1 aromatic carbocycles. The molecule has 0 saturated heterocycles. The lowest BCUT2D eigenvalue weighted by Gasteiger charge is -2.07. The Bertz CT molecular complexity index is 488. The molecule has 2 aromatic rings. The highest BCUT2D eigenvalue weighted by Gasteiger charge is 2.13. The maximum atomic E-state index is 9.87.